The molecule has 2 aliphatic carbocycles. The van der Waals surface area contributed by atoms with Gasteiger partial charge in [0.2, 0.25) is 0 Å². The number of carbonyl (C=O) groups is 4. The SMILES string of the molecule is NC(=O)C1=C(O)C[C@H](C[C@H]2CC(=O)c3c(O)ccc(-c4ccc(F)c(C=O)c4)c3C2)[C@H](CO)C1=O. The molecule has 9 heteroatoms. The van der Waals surface area contributed by atoms with E-state index in [0.717, 1.165) is 6.07 Å². The van der Waals surface area contributed by atoms with Crippen molar-refractivity contribution in [3.05, 3.63) is 64.2 Å². The average Bonchev–Trinajstić information content (AvgIpc) is 2.79. The van der Waals surface area contributed by atoms with Crippen LogP contribution < -0.4 is 5.73 Å². The zero-order valence-corrected chi connectivity index (χ0v) is 18.7. The predicted octanol–water partition coefficient (Wildman–Crippen LogP) is 2.64. The Hall–Kier alpha value is -3.85. The lowest BCUT2D eigenvalue weighted by molar-refractivity contribution is -0.127. The number of aliphatic hydroxyl groups excluding tert-OH is 2. The number of benzene rings is 2. The molecule has 3 atom stereocenters. The molecule has 8 nitrogen and oxygen atoms in total. The van der Waals surface area contributed by atoms with Gasteiger partial charge in [-0.05, 0) is 59.6 Å². The number of carbonyl (C=O) groups excluding carboxylic acids is 4. The van der Waals surface area contributed by atoms with E-state index in [-0.39, 0.29) is 47.8 Å². The third-order valence-corrected chi connectivity index (χ3v) is 6.95. The number of rotatable bonds is 6. The fourth-order valence-corrected chi connectivity index (χ4v) is 5.33. The van der Waals surface area contributed by atoms with E-state index < -0.39 is 47.3 Å². The van der Waals surface area contributed by atoms with Crippen LogP contribution in [0.25, 0.3) is 11.1 Å². The molecular weight excluding hydrogens is 457 g/mol. The van der Waals surface area contributed by atoms with E-state index in [1.54, 1.807) is 6.07 Å². The summed E-state index contributed by atoms with van der Waals surface area (Å²) in [5.41, 5.74) is 6.34. The van der Waals surface area contributed by atoms with Crippen LogP contribution in [0.1, 0.15) is 45.5 Å². The molecule has 0 radical (unpaired) electrons. The van der Waals surface area contributed by atoms with Crippen LogP contribution in [0.15, 0.2) is 41.7 Å². The number of aromatic hydroxyl groups is 1. The zero-order chi connectivity index (χ0) is 25.4. The zero-order valence-electron chi connectivity index (χ0n) is 18.7. The van der Waals surface area contributed by atoms with Crippen LogP contribution in [0.3, 0.4) is 0 Å². The van der Waals surface area contributed by atoms with Gasteiger partial charge in [-0.1, -0.05) is 12.1 Å². The second kappa shape index (κ2) is 9.42. The lowest BCUT2D eigenvalue weighted by Gasteiger charge is -2.34. The number of nitrogens with two attached hydrogens (primary N) is 1. The number of hydrogen-bond acceptors (Lipinski definition) is 7. The smallest absolute Gasteiger partial charge is 0.255 e. The number of aldehydes is 1. The van der Waals surface area contributed by atoms with Gasteiger partial charge in [0.15, 0.2) is 17.9 Å². The molecule has 5 N–H and O–H groups in total. The molecule has 0 aromatic heterocycles. The molecule has 1 amide bonds. The summed E-state index contributed by atoms with van der Waals surface area (Å²) in [5.74, 6) is -5.13. The van der Waals surface area contributed by atoms with Crippen LogP contribution in [-0.2, 0) is 16.0 Å². The minimum absolute atomic E-state index is 0.0413. The first kappa shape index (κ1) is 24.3. The van der Waals surface area contributed by atoms with Crippen molar-refractivity contribution in [2.45, 2.75) is 25.7 Å². The Balaban J connectivity index is 1.69. The fraction of sp³-hybridized carbons (Fsp3) is 0.308. The summed E-state index contributed by atoms with van der Waals surface area (Å²) in [7, 11) is 0. The molecule has 0 spiro atoms. The number of phenols is 1. The lowest BCUT2D eigenvalue weighted by Crippen LogP contribution is -2.39. The monoisotopic (exact) mass is 481 g/mol. The summed E-state index contributed by atoms with van der Waals surface area (Å²) in [4.78, 5) is 48.5. The van der Waals surface area contributed by atoms with Crippen molar-refractivity contribution in [1.82, 2.24) is 0 Å². The molecule has 0 saturated carbocycles. The Bertz CT molecular complexity index is 1280. The maximum atomic E-state index is 13.9. The molecular formula is C26H24FNO7. The minimum Gasteiger partial charge on any atom is -0.511 e. The van der Waals surface area contributed by atoms with Crippen molar-refractivity contribution in [3.63, 3.8) is 0 Å². The largest absolute Gasteiger partial charge is 0.511 e. The first-order chi connectivity index (χ1) is 16.7. The van der Waals surface area contributed by atoms with Gasteiger partial charge in [-0.2, -0.15) is 0 Å². The van der Waals surface area contributed by atoms with Crippen molar-refractivity contribution >= 4 is 23.8 Å². The third-order valence-electron chi connectivity index (χ3n) is 6.95. The summed E-state index contributed by atoms with van der Waals surface area (Å²) < 4.78 is 13.9. The highest BCUT2D eigenvalue weighted by Gasteiger charge is 2.41. The Morgan fingerprint density at radius 3 is 2.51 bits per heavy atom. The van der Waals surface area contributed by atoms with E-state index in [1.165, 1.54) is 18.2 Å². The van der Waals surface area contributed by atoms with Gasteiger partial charge in [-0.3, -0.25) is 19.2 Å². The highest BCUT2D eigenvalue weighted by molar-refractivity contribution is 6.20. The van der Waals surface area contributed by atoms with Crippen molar-refractivity contribution in [2.24, 2.45) is 23.5 Å². The number of amides is 1. The number of allylic oxidation sites excluding steroid dienone is 1. The molecule has 0 saturated heterocycles. The second-order valence-corrected chi connectivity index (χ2v) is 9.08. The molecule has 4 rings (SSSR count). The Labute approximate surface area is 199 Å². The summed E-state index contributed by atoms with van der Waals surface area (Å²) in [5, 5.41) is 30.5. The van der Waals surface area contributed by atoms with Gasteiger partial charge in [0.05, 0.1) is 17.7 Å². The van der Waals surface area contributed by atoms with Crippen molar-refractivity contribution in [1.29, 1.82) is 0 Å². The van der Waals surface area contributed by atoms with Crippen molar-refractivity contribution in [3.8, 4) is 16.9 Å². The Morgan fingerprint density at radius 2 is 1.86 bits per heavy atom. The van der Waals surface area contributed by atoms with Gasteiger partial charge in [-0.15, -0.1) is 0 Å². The molecule has 182 valence electrons. The number of hydrogen-bond donors (Lipinski definition) is 4. The van der Waals surface area contributed by atoms with E-state index in [2.05, 4.69) is 0 Å². The highest BCUT2D eigenvalue weighted by Crippen LogP contribution is 2.42. The molecule has 0 bridgehead atoms. The molecule has 0 unspecified atom stereocenters. The third kappa shape index (κ3) is 4.35. The van der Waals surface area contributed by atoms with Crippen LogP contribution in [0.2, 0.25) is 0 Å². The molecule has 0 heterocycles. The first-order valence-electron chi connectivity index (χ1n) is 11.2. The average molecular weight is 481 g/mol. The van der Waals surface area contributed by atoms with Crippen molar-refractivity contribution in [2.75, 3.05) is 6.61 Å². The number of halogens is 1. The molecule has 2 aliphatic rings. The van der Waals surface area contributed by atoms with Gasteiger partial charge >= 0.3 is 0 Å². The predicted molar refractivity (Wildman–Crippen MR) is 122 cm³/mol. The van der Waals surface area contributed by atoms with Gasteiger partial charge in [0.25, 0.3) is 5.91 Å². The minimum atomic E-state index is -1.06. The van der Waals surface area contributed by atoms with E-state index in [4.69, 9.17) is 5.73 Å². The first-order valence-corrected chi connectivity index (χ1v) is 11.2. The van der Waals surface area contributed by atoms with E-state index in [0.29, 0.717) is 29.4 Å². The van der Waals surface area contributed by atoms with E-state index in [9.17, 15) is 38.9 Å². The summed E-state index contributed by atoms with van der Waals surface area (Å²) in [6, 6.07) is 7.00. The van der Waals surface area contributed by atoms with E-state index in [1.807, 2.05) is 0 Å². The number of phenolic OH excluding ortho intramolecular Hbond substituents is 1. The molecule has 2 aromatic carbocycles. The Kier molecular flexibility index (Phi) is 6.53. The summed E-state index contributed by atoms with van der Waals surface area (Å²) in [6.07, 6.45) is 1.05. The van der Waals surface area contributed by atoms with Gasteiger partial charge in [0, 0.05) is 18.8 Å². The van der Waals surface area contributed by atoms with Crippen LogP contribution in [0.5, 0.6) is 5.75 Å². The topological polar surface area (TPSA) is 155 Å². The van der Waals surface area contributed by atoms with Gasteiger partial charge in [0.1, 0.15) is 22.9 Å². The van der Waals surface area contributed by atoms with Crippen molar-refractivity contribution < 1.29 is 38.9 Å². The number of primary amides is 1. The van der Waals surface area contributed by atoms with E-state index >= 15 is 0 Å². The maximum Gasteiger partial charge on any atom is 0.255 e. The quantitative estimate of drug-likeness (QED) is 0.365. The van der Waals surface area contributed by atoms with Crippen LogP contribution in [0.4, 0.5) is 4.39 Å². The molecule has 35 heavy (non-hydrogen) atoms. The lowest BCUT2D eigenvalue weighted by atomic mass is 9.70. The molecule has 2 aromatic rings. The fourth-order valence-electron chi connectivity index (χ4n) is 5.33. The standard InChI is InChI=1S/C26H24FNO7/c27-19-3-1-13(8-15(19)10-29)16-2-4-20(31)23-17(16)6-12(7-21(23)32)5-14-9-22(33)24(26(28)35)25(34)18(14)11-30/h1-4,8,10,12,14,18,30-31,33H,5-7,9,11H2,(H2,28,35)/t12-,14+,18+/m1/s1. The summed E-state index contributed by atoms with van der Waals surface area (Å²) in [6.45, 7) is -0.541. The molecule has 0 aliphatic heterocycles. The van der Waals surface area contributed by atoms with Gasteiger partial charge < -0.3 is 21.1 Å². The van der Waals surface area contributed by atoms with Crippen LogP contribution in [-0.4, -0.2) is 45.7 Å². The number of ketones is 2. The van der Waals surface area contributed by atoms with Gasteiger partial charge in [-0.25, -0.2) is 4.39 Å². The highest BCUT2D eigenvalue weighted by atomic mass is 19.1. The Morgan fingerprint density at radius 1 is 1.11 bits per heavy atom. The normalized spacial score (nSPS) is 22.2. The van der Waals surface area contributed by atoms with Crippen LogP contribution >= 0.6 is 0 Å². The molecule has 0 fully saturated rings. The number of fused-ring (bicyclic) bond motifs is 1. The maximum absolute atomic E-state index is 13.9. The number of Topliss-reactive ketones (excluding diaryl/α,β-unsaturated/α-hetero) is 2. The summed E-state index contributed by atoms with van der Waals surface area (Å²) >= 11 is 0. The second-order valence-electron chi connectivity index (χ2n) is 9.08. The van der Waals surface area contributed by atoms with Crippen LogP contribution in [0, 0.1) is 23.6 Å². The number of aliphatic hydroxyl groups is 2.